The van der Waals surface area contributed by atoms with Crippen LogP contribution in [0.4, 0.5) is 0 Å². The number of piperidine rings is 1. The van der Waals surface area contributed by atoms with Gasteiger partial charge < -0.3 is 14.5 Å². The van der Waals surface area contributed by atoms with Crippen molar-refractivity contribution < 1.29 is 14.3 Å². The first-order chi connectivity index (χ1) is 14.1. The smallest absolute Gasteiger partial charge is 0.264 e. The van der Waals surface area contributed by atoms with Crippen LogP contribution in [0.15, 0.2) is 30.0 Å². The summed E-state index contributed by atoms with van der Waals surface area (Å²) in [5.41, 5.74) is 10.0. The fraction of sp³-hybridized carbons (Fsp3) is 0.500. The molecule has 1 fully saturated rings. The lowest BCUT2D eigenvalue weighted by Crippen LogP contribution is -2.52. The van der Waals surface area contributed by atoms with E-state index in [0.29, 0.717) is 5.92 Å². The quantitative estimate of drug-likeness (QED) is 0.694. The summed E-state index contributed by atoms with van der Waals surface area (Å²) in [6.07, 6.45) is 3.74. The van der Waals surface area contributed by atoms with Gasteiger partial charge in [-0.05, 0) is 37.5 Å². The van der Waals surface area contributed by atoms with Gasteiger partial charge >= 0.3 is 0 Å². The highest BCUT2D eigenvalue weighted by atomic mass is 16.5. The van der Waals surface area contributed by atoms with Crippen LogP contribution < -0.4 is 15.6 Å². The average Bonchev–Trinajstić information content (AvgIpc) is 3.11. The molecule has 7 heteroatoms. The van der Waals surface area contributed by atoms with Gasteiger partial charge in [0.05, 0.1) is 31.1 Å². The molecule has 3 N–H and O–H groups in total. The van der Waals surface area contributed by atoms with Crippen molar-refractivity contribution in [1.29, 1.82) is 0 Å². The molecule has 7 nitrogen and oxygen atoms in total. The van der Waals surface area contributed by atoms with Crippen molar-refractivity contribution in [3.05, 3.63) is 41.3 Å². The van der Waals surface area contributed by atoms with Gasteiger partial charge in [-0.2, -0.15) is 0 Å². The lowest BCUT2D eigenvalue weighted by atomic mass is 9.72. The summed E-state index contributed by atoms with van der Waals surface area (Å²) in [5, 5.41) is 1.28. The van der Waals surface area contributed by atoms with Crippen LogP contribution in [0.2, 0.25) is 0 Å². The van der Waals surface area contributed by atoms with Gasteiger partial charge in [0.25, 0.3) is 5.91 Å². The van der Waals surface area contributed by atoms with Gasteiger partial charge in [-0.25, -0.2) is 5.43 Å². The zero-order valence-corrected chi connectivity index (χ0v) is 17.1. The van der Waals surface area contributed by atoms with Crippen molar-refractivity contribution in [3.8, 4) is 5.75 Å². The van der Waals surface area contributed by atoms with Gasteiger partial charge in [-0.1, -0.05) is 0 Å². The summed E-state index contributed by atoms with van der Waals surface area (Å²) in [7, 11) is 3.40. The Labute approximate surface area is 170 Å². The maximum absolute atomic E-state index is 12.6. The second-order valence-electron chi connectivity index (χ2n) is 8.31. The molecule has 29 heavy (non-hydrogen) atoms. The SMILES string of the molecule is CNNC(=O)C1=CO[C@@H](C)[C@H]2CN3CCc4c([nH]c5cc(OC)ccc45)[C@@H]3C[C@H]12. The number of nitrogens with one attached hydrogen (secondary N) is 3. The van der Waals surface area contributed by atoms with Crippen LogP contribution in [0.25, 0.3) is 10.9 Å². The molecule has 3 aliphatic heterocycles. The molecule has 0 unspecified atom stereocenters. The molecule has 4 heterocycles. The first kappa shape index (κ1) is 18.5. The van der Waals surface area contributed by atoms with Crippen LogP contribution in [-0.2, 0) is 16.0 Å². The lowest BCUT2D eigenvalue weighted by Gasteiger charge is -2.49. The number of carbonyl (C=O) groups is 1. The minimum Gasteiger partial charge on any atom is -0.497 e. The number of fused-ring (bicyclic) bond motifs is 6. The molecule has 0 saturated carbocycles. The van der Waals surface area contributed by atoms with Gasteiger partial charge in [0, 0.05) is 54.6 Å². The number of carbonyl (C=O) groups excluding carboxylic acids is 1. The highest BCUT2D eigenvalue weighted by Gasteiger charge is 2.46. The van der Waals surface area contributed by atoms with Crippen molar-refractivity contribution in [2.45, 2.75) is 31.9 Å². The van der Waals surface area contributed by atoms with Gasteiger partial charge in [0.1, 0.15) is 5.75 Å². The van der Waals surface area contributed by atoms with Gasteiger partial charge in [0.15, 0.2) is 0 Å². The van der Waals surface area contributed by atoms with Crippen molar-refractivity contribution in [3.63, 3.8) is 0 Å². The summed E-state index contributed by atoms with van der Waals surface area (Å²) < 4.78 is 11.3. The molecule has 5 rings (SSSR count). The number of aromatic nitrogens is 1. The Hall–Kier alpha value is -2.51. The third-order valence-electron chi connectivity index (χ3n) is 6.92. The Morgan fingerprint density at radius 3 is 3.03 bits per heavy atom. The minimum absolute atomic E-state index is 0.0970. The maximum atomic E-state index is 12.6. The number of aromatic amines is 1. The Bertz CT molecular complexity index is 982. The van der Waals surface area contributed by atoms with E-state index in [1.54, 1.807) is 20.4 Å². The first-order valence-corrected chi connectivity index (χ1v) is 10.4. The van der Waals surface area contributed by atoms with Crippen molar-refractivity contribution in [2.24, 2.45) is 11.8 Å². The zero-order valence-electron chi connectivity index (χ0n) is 17.1. The largest absolute Gasteiger partial charge is 0.497 e. The molecule has 1 aromatic heterocycles. The Kier molecular flexibility index (Phi) is 4.52. The Balaban J connectivity index is 1.52. The van der Waals surface area contributed by atoms with Gasteiger partial charge in [-0.3, -0.25) is 15.1 Å². The van der Waals surface area contributed by atoms with Crippen LogP contribution in [0.1, 0.15) is 30.6 Å². The first-order valence-electron chi connectivity index (χ1n) is 10.4. The number of methoxy groups -OCH3 is 1. The molecule has 0 spiro atoms. The van der Waals surface area contributed by atoms with Crippen molar-refractivity contribution in [2.75, 3.05) is 27.2 Å². The number of amides is 1. The van der Waals surface area contributed by atoms with E-state index in [1.165, 1.54) is 16.6 Å². The molecule has 0 bridgehead atoms. The topological polar surface area (TPSA) is 78.6 Å². The normalized spacial score (nSPS) is 28.6. The monoisotopic (exact) mass is 396 g/mol. The molecule has 1 aromatic carbocycles. The molecule has 154 valence electrons. The van der Waals surface area contributed by atoms with Crippen molar-refractivity contribution >= 4 is 16.8 Å². The molecular weight excluding hydrogens is 368 g/mol. The van der Waals surface area contributed by atoms with E-state index in [4.69, 9.17) is 9.47 Å². The number of hydrazine groups is 1. The van der Waals surface area contributed by atoms with E-state index in [9.17, 15) is 4.79 Å². The lowest BCUT2D eigenvalue weighted by molar-refractivity contribution is -0.121. The predicted molar refractivity (Wildman–Crippen MR) is 110 cm³/mol. The number of hydrogen-bond acceptors (Lipinski definition) is 5. The highest BCUT2D eigenvalue weighted by Crippen LogP contribution is 2.47. The molecule has 2 aromatic rings. The van der Waals surface area contributed by atoms with Crippen LogP contribution in [0, 0.1) is 11.8 Å². The van der Waals surface area contributed by atoms with Gasteiger partial charge in [-0.15, -0.1) is 0 Å². The summed E-state index contributed by atoms with van der Waals surface area (Å²) in [4.78, 5) is 18.9. The predicted octanol–water partition coefficient (Wildman–Crippen LogP) is 2.27. The second-order valence-corrected chi connectivity index (χ2v) is 8.31. The van der Waals surface area contributed by atoms with Crippen LogP contribution in [0.5, 0.6) is 5.75 Å². The average molecular weight is 396 g/mol. The molecular formula is C22H28N4O3. The zero-order chi connectivity index (χ0) is 20.1. The number of benzene rings is 1. The fourth-order valence-electron chi connectivity index (χ4n) is 5.44. The summed E-state index contributed by atoms with van der Waals surface area (Å²) in [6.45, 7) is 4.10. The number of ether oxygens (including phenoxy) is 2. The van der Waals surface area contributed by atoms with Gasteiger partial charge in [0.2, 0.25) is 0 Å². The minimum atomic E-state index is -0.0970. The fourth-order valence-corrected chi connectivity index (χ4v) is 5.44. The number of rotatable bonds is 3. The molecule has 1 amide bonds. The second kappa shape index (κ2) is 7.07. The van der Waals surface area contributed by atoms with Crippen LogP contribution in [-0.4, -0.2) is 49.1 Å². The molecule has 3 aliphatic rings. The summed E-state index contributed by atoms with van der Waals surface area (Å²) in [5.74, 6) is 1.27. The summed E-state index contributed by atoms with van der Waals surface area (Å²) in [6, 6.07) is 6.55. The third-order valence-corrected chi connectivity index (χ3v) is 6.92. The third kappa shape index (κ3) is 2.91. The van der Waals surface area contributed by atoms with E-state index in [1.807, 2.05) is 6.07 Å². The van der Waals surface area contributed by atoms with E-state index >= 15 is 0 Å². The Morgan fingerprint density at radius 1 is 1.38 bits per heavy atom. The molecule has 1 saturated heterocycles. The van der Waals surface area contributed by atoms with Crippen molar-refractivity contribution in [1.82, 2.24) is 20.7 Å². The highest BCUT2D eigenvalue weighted by molar-refractivity contribution is 5.93. The van der Waals surface area contributed by atoms with Crippen LogP contribution >= 0.6 is 0 Å². The Morgan fingerprint density at radius 2 is 2.24 bits per heavy atom. The number of nitrogens with zero attached hydrogens (tertiary/aromatic N) is 1. The van der Waals surface area contributed by atoms with E-state index in [-0.39, 0.29) is 24.0 Å². The number of hydrogen-bond donors (Lipinski definition) is 3. The molecule has 0 radical (unpaired) electrons. The number of H-pyrrole nitrogens is 1. The maximum Gasteiger partial charge on any atom is 0.264 e. The van der Waals surface area contributed by atoms with E-state index in [0.717, 1.165) is 42.8 Å². The van der Waals surface area contributed by atoms with Crippen LogP contribution in [0.3, 0.4) is 0 Å². The van der Waals surface area contributed by atoms with E-state index in [2.05, 4.69) is 39.8 Å². The summed E-state index contributed by atoms with van der Waals surface area (Å²) >= 11 is 0. The van der Waals surface area contributed by atoms with E-state index < -0.39 is 0 Å². The standard InChI is InChI=1S/C22H28N4O3/c1-12-17-10-26-7-6-15-14-5-4-13(28-3)8-19(14)24-21(15)20(26)9-16(17)18(11-29-12)22(27)25-23-2/h4-5,8,11-12,16-17,20,23-24H,6-7,9-10H2,1-3H3,(H,25,27)/t12-,16-,17+,20-/m0/s1. The molecule has 0 aliphatic carbocycles. The molecule has 4 atom stereocenters.